The molecule has 2 N–H and O–H groups in total. The van der Waals surface area contributed by atoms with Crippen molar-refractivity contribution in [1.82, 2.24) is 10.3 Å². The zero-order valence-electron chi connectivity index (χ0n) is 14.1. The van der Waals surface area contributed by atoms with Gasteiger partial charge in [0.2, 0.25) is 5.91 Å². The van der Waals surface area contributed by atoms with Crippen LogP contribution in [0.4, 0.5) is 8.78 Å². The third-order valence-corrected chi connectivity index (χ3v) is 3.71. The van der Waals surface area contributed by atoms with E-state index in [1.54, 1.807) is 0 Å². The van der Waals surface area contributed by atoms with Gasteiger partial charge in [0.05, 0.1) is 11.8 Å². The number of nitrogens with one attached hydrogen (secondary N) is 1. The predicted octanol–water partition coefficient (Wildman–Crippen LogP) is 3.31. The molecule has 1 aromatic heterocycles. The molecule has 2 rings (SSSR count). The second-order valence-corrected chi connectivity index (χ2v) is 5.80. The lowest BCUT2D eigenvalue weighted by Crippen LogP contribution is -2.24. The molecule has 0 saturated carbocycles. The highest BCUT2D eigenvalue weighted by atomic mass is 19.1. The van der Waals surface area contributed by atoms with E-state index >= 15 is 0 Å². The molecule has 0 aliphatic rings. The number of carbonyl (C=O) groups is 2. The first-order valence-corrected chi connectivity index (χ1v) is 8.34. The van der Waals surface area contributed by atoms with Gasteiger partial charge in [-0.3, -0.25) is 9.59 Å². The number of benzene rings is 1. The Hall–Kier alpha value is -2.77. The summed E-state index contributed by atoms with van der Waals surface area (Å²) in [5.41, 5.74) is 0.107. The van der Waals surface area contributed by atoms with Crippen molar-refractivity contribution in [2.75, 3.05) is 6.54 Å². The molecule has 0 aliphatic heterocycles. The summed E-state index contributed by atoms with van der Waals surface area (Å²) in [6.45, 7) is 0.482. The van der Waals surface area contributed by atoms with E-state index in [2.05, 4.69) is 10.3 Å². The molecular weight excluding hydrogens is 346 g/mol. The summed E-state index contributed by atoms with van der Waals surface area (Å²) >= 11 is 0. The van der Waals surface area contributed by atoms with Gasteiger partial charge in [-0.15, -0.1) is 0 Å². The van der Waals surface area contributed by atoms with Crippen molar-refractivity contribution in [1.29, 1.82) is 0 Å². The van der Waals surface area contributed by atoms with Crippen molar-refractivity contribution in [3.8, 4) is 11.3 Å². The maximum absolute atomic E-state index is 13.7. The van der Waals surface area contributed by atoms with Gasteiger partial charge in [-0.05, 0) is 25.0 Å². The number of nitrogens with zero attached hydrogens (tertiary/aromatic N) is 1. The second kappa shape index (κ2) is 9.65. The van der Waals surface area contributed by atoms with Crippen molar-refractivity contribution in [2.45, 2.75) is 38.5 Å². The Morgan fingerprint density at radius 1 is 1.15 bits per heavy atom. The van der Waals surface area contributed by atoms with E-state index in [1.807, 2.05) is 0 Å². The number of oxazole rings is 1. The Bertz CT molecular complexity index is 761. The van der Waals surface area contributed by atoms with Crippen LogP contribution in [0.25, 0.3) is 11.3 Å². The van der Waals surface area contributed by atoms with Crippen LogP contribution in [0.15, 0.2) is 28.8 Å². The lowest BCUT2D eigenvalue weighted by atomic mass is 10.2. The van der Waals surface area contributed by atoms with Crippen LogP contribution in [0.5, 0.6) is 0 Å². The number of carboxylic acid groups (broad SMARTS) is 1. The van der Waals surface area contributed by atoms with Gasteiger partial charge < -0.3 is 14.8 Å². The topological polar surface area (TPSA) is 92.4 Å². The first kappa shape index (κ1) is 19.6. The fraction of sp³-hybridized carbons (Fsp3) is 0.389. The van der Waals surface area contributed by atoms with Crippen LogP contribution >= 0.6 is 0 Å². The highest BCUT2D eigenvalue weighted by molar-refractivity contribution is 5.76. The molecule has 0 radical (unpaired) electrons. The number of unbranched alkanes of at least 4 members (excludes halogenated alkanes) is 2. The lowest BCUT2D eigenvalue weighted by Gasteiger charge is -2.04. The molecule has 0 saturated heterocycles. The van der Waals surface area contributed by atoms with Crippen molar-refractivity contribution >= 4 is 11.9 Å². The number of halogens is 2. The van der Waals surface area contributed by atoms with Crippen LogP contribution in [0.1, 0.15) is 38.0 Å². The van der Waals surface area contributed by atoms with Crippen molar-refractivity contribution in [3.63, 3.8) is 0 Å². The number of carboxylic acids is 1. The Morgan fingerprint density at radius 2 is 1.96 bits per heavy atom. The molecule has 0 unspecified atom stereocenters. The molecule has 2 aromatic rings. The van der Waals surface area contributed by atoms with Gasteiger partial charge in [-0.1, -0.05) is 6.42 Å². The summed E-state index contributed by atoms with van der Waals surface area (Å²) in [5, 5.41) is 11.3. The van der Waals surface area contributed by atoms with Gasteiger partial charge in [-0.25, -0.2) is 13.8 Å². The van der Waals surface area contributed by atoms with Gasteiger partial charge in [0.15, 0.2) is 11.7 Å². The molecule has 1 amide bonds. The first-order chi connectivity index (χ1) is 12.5. The SMILES string of the molecule is O=C(O)CCCCCNC(=O)CCc1ncc(-c2ccc(F)cc2F)o1. The Labute approximate surface area is 149 Å². The largest absolute Gasteiger partial charge is 0.481 e. The second-order valence-electron chi connectivity index (χ2n) is 5.80. The number of amides is 1. The van der Waals surface area contributed by atoms with Crippen LogP contribution in [-0.2, 0) is 16.0 Å². The van der Waals surface area contributed by atoms with Crippen LogP contribution in [-0.4, -0.2) is 28.5 Å². The summed E-state index contributed by atoms with van der Waals surface area (Å²) in [5.74, 6) is -1.94. The third kappa shape index (κ3) is 6.27. The lowest BCUT2D eigenvalue weighted by molar-refractivity contribution is -0.137. The predicted molar refractivity (Wildman–Crippen MR) is 89.3 cm³/mol. The fourth-order valence-electron chi connectivity index (χ4n) is 2.35. The molecule has 140 valence electrons. The monoisotopic (exact) mass is 366 g/mol. The van der Waals surface area contributed by atoms with Crippen molar-refractivity contribution in [2.24, 2.45) is 0 Å². The number of aryl methyl sites for hydroxylation is 1. The summed E-state index contributed by atoms with van der Waals surface area (Å²) in [4.78, 5) is 26.1. The van der Waals surface area contributed by atoms with Crippen molar-refractivity contribution < 1.29 is 27.9 Å². The average Bonchev–Trinajstić information content (AvgIpc) is 3.04. The third-order valence-electron chi connectivity index (χ3n) is 3.71. The summed E-state index contributed by atoms with van der Waals surface area (Å²) in [6, 6.07) is 3.16. The Kier molecular flexibility index (Phi) is 7.25. The Morgan fingerprint density at radius 3 is 2.69 bits per heavy atom. The number of carbonyl (C=O) groups excluding carboxylic acids is 1. The minimum atomic E-state index is -0.820. The molecule has 1 heterocycles. The molecule has 6 nitrogen and oxygen atoms in total. The first-order valence-electron chi connectivity index (χ1n) is 8.34. The molecule has 0 aliphatic carbocycles. The molecule has 0 spiro atoms. The summed E-state index contributed by atoms with van der Waals surface area (Å²) in [6.07, 6.45) is 3.94. The quantitative estimate of drug-likeness (QED) is 0.630. The number of aliphatic carboxylic acids is 1. The van der Waals surface area contributed by atoms with Crippen molar-refractivity contribution in [3.05, 3.63) is 41.9 Å². The molecule has 0 bridgehead atoms. The smallest absolute Gasteiger partial charge is 0.303 e. The van der Waals surface area contributed by atoms with E-state index in [4.69, 9.17) is 9.52 Å². The highest BCUT2D eigenvalue weighted by Crippen LogP contribution is 2.24. The van der Waals surface area contributed by atoms with E-state index in [0.29, 0.717) is 25.3 Å². The number of aromatic nitrogens is 1. The number of hydrogen-bond donors (Lipinski definition) is 2. The van der Waals surface area contributed by atoms with Gasteiger partial charge in [0, 0.05) is 31.9 Å². The van der Waals surface area contributed by atoms with E-state index in [1.165, 1.54) is 12.3 Å². The highest BCUT2D eigenvalue weighted by Gasteiger charge is 2.13. The normalized spacial score (nSPS) is 10.7. The van der Waals surface area contributed by atoms with Gasteiger partial charge in [-0.2, -0.15) is 0 Å². The summed E-state index contributed by atoms with van der Waals surface area (Å²) in [7, 11) is 0. The minimum absolute atomic E-state index is 0.107. The molecular formula is C18H20F2N2O4. The Balaban J connectivity index is 1.72. The number of hydrogen-bond acceptors (Lipinski definition) is 4. The van der Waals surface area contributed by atoms with E-state index in [-0.39, 0.29) is 36.5 Å². The van der Waals surface area contributed by atoms with Gasteiger partial charge in [0.25, 0.3) is 0 Å². The van der Waals surface area contributed by atoms with Crippen LogP contribution in [0.2, 0.25) is 0 Å². The summed E-state index contributed by atoms with van der Waals surface area (Å²) < 4.78 is 32.0. The van der Waals surface area contributed by atoms with Crippen LogP contribution in [0, 0.1) is 11.6 Å². The standard InChI is InChI=1S/C18H20F2N2O4/c19-12-5-6-13(14(20)10-12)15-11-22-17(26-15)8-7-16(23)21-9-3-1-2-4-18(24)25/h5-6,10-11H,1-4,7-9H2,(H,21,23)(H,24,25). The number of rotatable bonds is 10. The van der Waals surface area contributed by atoms with E-state index in [9.17, 15) is 18.4 Å². The molecule has 0 atom stereocenters. The van der Waals surface area contributed by atoms with Crippen LogP contribution < -0.4 is 5.32 Å². The fourth-order valence-corrected chi connectivity index (χ4v) is 2.35. The maximum atomic E-state index is 13.7. The molecule has 0 fully saturated rings. The minimum Gasteiger partial charge on any atom is -0.481 e. The van der Waals surface area contributed by atoms with E-state index in [0.717, 1.165) is 18.6 Å². The van der Waals surface area contributed by atoms with Gasteiger partial charge >= 0.3 is 5.97 Å². The van der Waals surface area contributed by atoms with Gasteiger partial charge in [0.1, 0.15) is 11.6 Å². The van der Waals surface area contributed by atoms with Crippen LogP contribution in [0.3, 0.4) is 0 Å². The van der Waals surface area contributed by atoms with E-state index < -0.39 is 17.6 Å². The molecule has 8 heteroatoms. The maximum Gasteiger partial charge on any atom is 0.303 e. The zero-order valence-corrected chi connectivity index (χ0v) is 14.1. The molecule has 26 heavy (non-hydrogen) atoms. The molecule has 1 aromatic carbocycles. The average molecular weight is 366 g/mol. The zero-order chi connectivity index (χ0) is 18.9.